The summed E-state index contributed by atoms with van der Waals surface area (Å²) in [6.45, 7) is 11.5. The van der Waals surface area contributed by atoms with Gasteiger partial charge in [-0.2, -0.15) is 0 Å². The second-order valence-corrected chi connectivity index (χ2v) is 13.8. The Kier molecular flexibility index (Phi) is 4.52. The van der Waals surface area contributed by atoms with Gasteiger partial charge < -0.3 is 4.42 Å². The summed E-state index contributed by atoms with van der Waals surface area (Å²) < 4.78 is 12.0. The van der Waals surface area contributed by atoms with Crippen molar-refractivity contribution < 1.29 is 13.6 Å². The lowest BCUT2D eigenvalue weighted by Gasteiger charge is -2.20. The number of furan rings is 1. The second kappa shape index (κ2) is 7.86. The molecule has 0 saturated heterocycles. The van der Waals surface area contributed by atoms with Crippen LogP contribution in [0.1, 0.15) is 61.1 Å². The molecule has 3 aliphatic rings. The summed E-state index contributed by atoms with van der Waals surface area (Å²) >= 11 is 0. The minimum atomic E-state index is -0.533. The highest BCUT2D eigenvalue weighted by Crippen LogP contribution is 2.51. The maximum atomic E-state index is 7.03. The minimum Gasteiger partial charge on any atom is -0.454 e. The van der Waals surface area contributed by atoms with Gasteiger partial charge in [-0.05, 0) is 73.6 Å². The fourth-order valence-electron chi connectivity index (χ4n) is 8.07. The van der Waals surface area contributed by atoms with E-state index in [0.717, 1.165) is 24.0 Å². The van der Waals surface area contributed by atoms with Crippen molar-refractivity contribution in [2.24, 2.45) is 5.41 Å². The Morgan fingerprint density at radius 1 is 0.810 bits per heavy atom. The van der Waals surface area contributed by atoms with E-state index in [-0.39, 0.29) is 5.41 Å². The summed E-state index contributed by atoms with van der Waals surface area (Å²) in [5.41, 5.74) is 15.9. The highest BCUT2D eigenvalue weighted by Gasteiger charge is 2.67. The quantitative estimate of drug-likeness (QED) is 0.190. The van der Waals surface area contributed by atoms with Crippen molar-refractivity contribution in [1.82, 2.24) is 0 Å². The number of benzene rings is 3. The lowest BCUT2D eigenvalue weighted by atomic mass is 9.86. The van der Waals surface area contributed by atoms with Gasteiger partial charge in [0.05, 0.1) is 5.56 Å². The summed E-state index contributed by atoms with van der Waals surface area (Å²) in [6, 6.07) is 27.2. The van der Waals surface area contributed by atoms with Crippen LogP contribution < -0.4 is 9.13 Å². The van der Waals surface area contributed by atoms with Crippen LogP contribution in [0.5, 0.6) is 0 Å². The van der Waals surface area contributed by atoms with Gasteiger partial charge in [-0.3, -0.25) is 0 Å². The van der Waals surface area contributed by atoms with E-state index in [1.807, 2.05) is 0 Å². The molecule has 9 rings (SSSR count). The van der Waals surface area contributed by atoms with Gasteiger partial charge in [0.25, 0.3) is 0 Å². The van der Waals surface area contributed by atoms with Gasteiger partial charge in [0, 0.05) is 40.1 Å². The highest BCUT2D eigenvalue weighted by atomic mass is 16.3. The molecule has 1 aliphatic carbocycles. The summed E-state index contributed by atoms with van der Waals surface area (Å²) in [6.07, 6.45) is 8.99. The monoisotopic (exact) mass is 546 g/mol. The molecular formula is C39H34N2O+2. The molecule has 3 heteroatoms. The number of aromatic nitrogens is 2. The number of nitrogens with zero attached hydrogens (tertiary/aromatic N) is 2. The van der Waals surface area contributed by atoms with E-state index in [9.17, 15) is 0 Å². The average Bonchev–Trinajstić information content (AvgIpc) is 3.68. The van der Waals surface area contributed by atoms with Crippen molar-refractivity contribution in [3.63, 3.8) is 0 Å². The molecule has 204 valence electrons. The third-order valence-electron chi connectivity index (χ3n) is 9.69. The van der Waals surface area contributed by atoms with Gasteiger partial charge in [-0.1, -0.05) is 56.7 Å². The summed E-state index contributed by atoms with van der Waals surface area (Å²) in [5, 5.41) is 2.39. The average molecular weight is 547 g/mol. The van der Waals surface area contributed by atoms with Gasteiger partial charge in [0.1, 0.15) is 27.9 Å². The Hall–Kier alpha value is -4.50. The zero-order valence-electron chi connectivity index (χ0n) is 24.9. The molecule has 0 saturated carbocycles. The second-order valence-electron chi connectivity index (χ2n) is 13.8. The van der Waals surface area contributed by atoms with Gasteiger partial charge in [-0.15, -0.1) is 9.13 Å². The number of hydrogen-bond acceptors (Lipinski definition) is 1. The smallest absolute Gasteiger partial charge is 0.417 e. The number of aryl methyl sites for hydroxylation is 1. The summed E-state index contributed by atoms with van der Waals surface area (Å²) in [4.78, 5) is 0. The van der Waals surface area contributed by atoms with E-state index in [1.165, 1.54) is 72.2 Å². The zero-order valence-corrected chi connectivity index (χ0v) is 24.9. The molecule has 0 fully saturated rings. The number of rotatable bonds is 1. The SMILES string of the molecule is CC1=Cc2c(ccc3c2oc2c4c(ccc23)C2(c3ccccc3-c3cccc[n+]32)[n+]2cc(C)c(CC(C)(C)C)cc2-4)C1. The molecule has 3 aromatic carbocycles. The molecular weight excluding hydrogens is 512 g/mol. The lowest BCUT2D eigenvalue weighted by Crippen LogP contribution is -2.71. The molecule has 1 spiro atoms. The van der Waals surface area contributed by atoms with Gasteiger partial charge in [-0.25, -0.2) is 0 Å². The third kappa shape index (κ3) is 2.91. The van der Waals surface area contributed by atoms with E-state index >= 15 is 0 Å². The normalized spacial score (nSPS) is 17.9. The standard InChI is InChI=1S/C39H34N2O/c1-23-18-25-13-14-27-28-15-16-32-35(37(28)42-36(27)30(25)19-23)34-20-26(21-38(3,4)5)24(2)22-41(34)39(32)31-11-7-6-10-29(31)33-12-8-9-17-40(33)39/h6-17,19-20,22H,18,21H2,1-5H3/q+2. The number of pyridine rings is 2. The molecule has 5 heterocycles. The van der Waals surface area contributed by atoms with Crippen LogP contribution in [0.4, 0.5) is 0 Å². The predicted molar refractivity (Wildman–Crippen MR) is 168 cm³/mol. The third-order valence-corrected chi connectivity index (χ3v) is 9.69. The van der Waals surface area contributed by atoms with E-state index in [0.29, 0.717) is 0 Å². The largest absolute Gasteiger partial charge is 0.454 e. The topological polar surface area (TPSA) is 20.9 Å². The van der Waals surface area contributed by atoms with Crippen molar-refractivity contribution in [2.45, 2.75) is 53.1 Å². The first kappa shape index (κ1) is 24.1. The maximum absolute atomic E-state index is 7.03. The molecule has 2 aliphatic heterocycles. The van der Waals surface area contributed by atoms with Crippen molar-refractivity contribution in [3.8, 4) is 22.5 Å². The number of hydrogen-bond donors (Lipinski definition) is 0. The first-order valence-electron chi connectivity index (χ1n) is 15.1. The molecule has 3 nitrogen and oxygen atoms in total. The van der Waals surface area contributed by atoms with Crippen LogP contribution >= 0.6 is 0 Å². The molecule has 0 bridgehead atoms. The van der Waals surface area contributed by atoms with Crippen LogP contribution in [-0.4, -0.2) is 0 Å². The first-order valence-corrected chi connectivity index (χ1v) is 15.1. The van der Waals surface area contributed by atoms with Crippen LogP contribution in [0.15, 0.2) is 95.2 Å². The van der Waals surface area contributed by atoms with Gasteiger partial charge in [0.15, 0.2) is 12.4 Å². The van der Waals surface area contributed by atoms with Crippen molar-refractivity contribution in [1.29, 1.82) is 0 Å². The lowest BCUT2D eigenvalue weighted by molar-refractivity contribution is -0.955. The van der Waals surface area contributed by atoms with Gasteiger partial charge >= 0.3 is 5.66 Å². The molecule has 6 aromatic rings. The van der Waals surface area contributed by atoms with Crippen LogP contribution in [-0.2, 0) is 18.5 Å². The molecule has 0 radical (unpaired) electrons. The highest BCUT2D eigenvalue weighted by molar-refractivity contribution is 6.12. The Labute approximate surface area is 246 Å². The fourth-order valence-corrected chi connectivity index (χ4v) is 8.07. The van der Waals surface area contributed by atoms with E-state index in [1.54, 1.807) is 0 Å². The molecule has 3 aromatic heterocycles. The molecule has 1 unspecified atom stereocenters. The number of allylic oxidation sites excluding steroid dienone is 1. The Morgan fingerprint density at radius 2 is 1.60 bits per heavy atom. The fraction of sp³-hybridized carbons (Fsp3) is 0.231. The predicted octanol–water partition coefficient (Wildman–Crippen LogP) is 8.28. The maximum Gasteiger partial charge on any atom is 0.417 e. The molecule has 0 amide bonds. The minimum absolute atomic E-state index is 0.181. The van der Waals surface area contributed by atoms with Crippen molar-refractivity contribution in [3.05, 3.63) is 124 Å². The van der Waals surface area contributed by atoms with E-state index in [4.69, 9.17) is 4.42 Å². The molecule has 1 atom stereocenters. The summed E-state index contributed by atoms with van der Waals surface area (Å²) in [7, 11) is 0. The Balaban J connectivity index is 1.46. The Morgan fingerprint density at radius 3 is 2.45 bits per heavy atom. The van der Waals surface area contributed by atoms with Crippen LogP contribution in [0, 0.1) is 12.3 Å². The first-order chi connectivity index (χ1) is 20.3. The van der Waals surface area contributed by atoms with Crippen LogP contribution in [0.25, 0.3) is 50.5 Å². The van der Waals surface area contributed by atoms with E-state index < -0.39 is 5.66 Å². The number of fused-ring (bicyclic) bond motifs is 16. The van der Waals surface area contributed by atoms with Crippen molar-refractivity contribution >= 4 is 28.0 Å². The molecule has 42 heavy (non-hydrogen) atoms. The van der Waals surface area contributed by atoms with Crippen LogP contribution in [0.2, 0.25) is 0 Å². The van der Waals surface area contributed by atoms with Gasteiger partial charge in [0.2, 0.25) is 11.4 Å². The summed E-state index contributed by atoms with van der Waals surface area (Å²) in [5.74, 6) is 0. The van der Waals surface area contributed by atoms with Crippen molar-refractivity contribution in [2.75, 3.05) is 0 Å². The Bertz CT molecular complexity index is 2160. The zero-order chi connectivity index (χ0) is 28.5. The molecule has 0 N–H and O–H groups in total. The van der Waals surface area contributed by atoms with Crippen LogP contribution in [0.3, 0.4) is 0 Å². The van der Waals surface area contributed by atoms with E-state index in [2.05, 4.69) is 135 Å².